The summed E-state index contributed by atoms with van der Waals surface area (Å²) in [5.74, 6) is 1.79. The molecule has 8 aromatic carbocycles. The van der Waals surface area contributed by atoms with E-state index in [-0.39, 0.29) is 0 Å². The molecule has 4 nitrogen and oxygen atoms in total. The molecule has 5 heteroatoms. The van der Waals surface area contributed by atoms with Gasteiger partial charge in [-0.2, -0.15) is 0 Å². The van der Waals surface area contributed by atoms with Crippen LogP contribution in [0.5, 0.6) is 0 Å². The number of benzene rings is 8. The van der Waals surface area contributed by atoms with Crippen molar-refractivity contribution in [1.82, 2.24) is 15.0 Å². The summed E-state index contributed by atoms with van der Waals surface area (Å²) in [5.41, 5.74) is 10.9. The van der Waals surface area contributed by atoms with E-state index in [9.17, 15) is 0 Å². The van der Waals surface area contributed by atoms with Gasteiger partial charge in [-0.1, -0.05) is 152 Å². The largest absolute Gasteiger partial charge is 0.455 e. The van der Waals surface area contributed by atoms with Crippen LogP contribution in [0.4, 0.5) is 0 Å². The Labute approximate surface area is 332 Å². The van der Waals surface area contributed by atoms with Crippen LogP contribution in [0.3, 0.4) is 0 Å². The van der Waals surface area contributed by atoms with Gasteiger partial charge < -0.3 is 4.42 Å². The van der Waals surface area contributed by atoms with Crippen molar-refractivity contribution in [1.29, 1.82) is 0 Å². The van der Waals surface area contributed by atoms with E-state index >= 15 is 0 Å². The Hall–Kier alpha value is -7.21. The van der Waals surface area contributed by atoms with Crippen molar-refractivity contribution in [2.24, 2.45) is 0 Å². The molecule has 3 aromatic heterocycles. The van der Waals surface area contributed by atoms with Gasteiger partial charge in [-0.05, 0) is 69.8 Å². The highest BCUT2D eigenvalue weighted by atomic mass is 32.1. The molecule has 0 aliphatic heterocycles. The van der Waals surface area contributed by atoms with Crippen LogP contribution in [-0.2, 0) is 5.41 Å². The molecule has 266 valence electrons. The van der Waals surface area contributed by atoms with Crippen molar-refractivity contribution in [2.45, 2.75) is 5.41 Å². The van der Waals surface area contributed by atoms with E-state index in [0.717, 1.165) is 44.2 Å². The van der Waals surface area contributed by atoms with Gasteiger partial charge in [0, 0.05) is 42.1 Å². The number of aromatic nitrogens is 3. The molecule has 0 atom stereocenters. The summed E-state index contributed by atoms with van der Waals surface area (Å²) in [6.45, 7) is 0. The first-order valence-electron chi connectivity index (χ1n) is 19.2. The molecule has 0 amide bonds. The smallest absolute Gasteiger partial charge is 0.167 e. The lowest BCUT2D eigenvalue weighted by Crippen LogP contribution is -2.28. The Morgan fingerprint density at radius 2 is 0.982 bits per heavy atom. The summed E-state index contributed by atoms with van der Waals surface area (Å²) in [7, 11) is 0. The number of nitrogens with zero attached hydrogens (tertiary/aromatic N) is 3. The van der Waals surface area contributed by atoms with Crippen LogP contribution in [0.1, 0.15) is 22.3 Å². The zero-order valence-corrected chi connectivity index (χ0v) is 31.4. The van der Waals surface area contributed by atoms with Gasteiger partial charge in [0.15, 0.2) is 17.5 Å². The van der Waals surface area contributed by atoms with Crippen molar-refractivity contribution >= 4 is 53.4 Å². The number of hydrogen-bond acceptors (Lipinski definition) is 5. The molecule has 0 radical (unpaired) electrons. The van der Waals surface area contributed by atoms with Gasteiger partial charge in [-0.25, -0.2) is 15.0 Å². The third-order valence-electron chi connectivity index (χ3n) is 11.6. The highest BCUT2D eigenvalue weighted by Crippen LogP contribution is 2.58. The van der Waals surface area contributed by atoms with Gasteiger partial charge in [-0.3, -0.25) is 0 Å². The molecule has 0 spiro atoms. The normalized spacial score (nSPS) is 13.1. The standard InChI is InChI=1S/C52H31N3OS/c1-3-15-33(16-4-1)52(34-17-5-2-6-18-34)42-25-10-7-21-38(42)47-39(23-14-26-43(47)52)50-53-49(32-29-30-46-41(31-32)36-20-9-12-28-45(36)57-46)54-51(55-50)40-24-13-22-37-35-19-8-11-27-44(35)56-48(37)40/h1-31H. The SMILES string of the molecule is c1ccc(C2(c3ccccc3)c3ccccc3-c3c(-c4nc(-c5ccc6sc7ccccc7c6c5)nc(-c5cccc6c5oc5ccccc56)n4)cccc32)cc1. The third kappa shape index (κ3) is 4.70. The summed E-state index contributed by atoms with van der Waals surface area (Å²) < 4.78 is 9.07. The molecule has 1 aliphatic carbocycles. The molecule has 3 heterocycles. The second-order valence-corrected chi connectivity index (χ2v) is 15.7. The number of furan rings is 1. The number of fused-ring (bicyclic) bond motifs is 9. The van der Waals surface area contributed by atoms with Crippen molar-refractivity contribution < 1.29 is 4.42 Å². The summed E-state index contributed by atoms with van der Waals surface area (Å²) >= 11 is 1.81. The maximum absolute atomic E-state index is 6.57. The molecule has 0 saturated carbocycles. The number of para-hydroxylation sites is 2. The Morgan fingerprint density at radius 3 is 1.81 bits per heavy atom. The Morgan fingerprint density at radius 1 is 0.404 bits per heavy atom. The van der Waals surface area contributed by atoms with Crippen LogP contribution in [0.25, 0.3) is 87.4 Å². The molecule has 0 unspecified atom stereocenters. The molecule has 11 aromatic rings. The van der Waals surface area contributed by atoms with Gasteiger partial charge in [0.2, 0.25) is 0 Å². The van der Waals surface area contributed by atoms with E-state index < -0.39 is 5.41 Å². The average Bonchev–Trinajstić information content (AvgIpc) is 3.95. The van der Waals surface area contributed by atoms with Crippen LogP contribution >= 0.6 is 11.3 Å². The minimum atomic E-state index is -0.548. The van der Waals surface area contributed by atoms with Gasteiger partial charge >= 0.3 is 0 Å². The summed E-state index contributed by atoms with van der Waals surface area (Å²) in [5, 5.41) is 4.52. The molecular formula is C52H31N3OS. The Balaban J connectivity index is 1.16. The first kappa shape index (κ1) is 32.1. The molecule has 0 fully saturated rings. The Kier molecular flexibility index (Phi) is 6.98. The molecule has 57 heavy (non-hydrogen) atoms. The van der Waals surface area contributed by atoms with Crippen LogP contribution in [0.2, 0.25) is 0 Å². The fourth-order valence-corrected chi connectivity index (χ4v) is 10.3. The van der Waals surface area contributed by atoms with Crippen LogP contribution in [0.15, 0.2) is 192 Å². The lowest BCUT2D eigenvalue weighted by Gasteiger charge is -2.33. The van der Waals surface area contributed by atoms with Gasteiger partial charge in [-0.15, -0.1) is 11.3 Å². The third-order valence-corrected chi connectivity index (χ3v) is 12.8. The van der Waals surface area contributed by atoms with Crippen molar-refractivity contribution in [2.75, 3.05) is 0 Å². The molecule has 0 saturated heterocycles. The molecule has 1 aliphatic rings. The maximum Gasteiger partial charge on any atom is 0.167 e. The fourth-order valence-electron chi connectivity index (χ4n) is 9.21. The van der Waals surface area contributed by atoms with E-state index in [1.165, 1.54) is 48.0 Å². The van der Waals surface area contributed by atoms with Crippen molar-refractivity contribution in [3.05, 3.63) is 210 Å². The minimum Gasteiger partial charge on any atom is -0.455 e. The number of rotatable bonds is 5. The quantitative estimate of drug-likeness (QED) is 0.176. The maximum atomic E-state index is 6.57. The van der Waals surface area contributed by atoms with E-state index in [1.54, 1.807) is 11.3 Å². The fraction of sp³-hybridized carbons (Fsp3) is 0.0192. The summed E-state index contributed by atoms with van der Waals surface area (Å²) in [4.78, 5) is 16.0. The molecule has 0 bridgehead atoms. The topological polar surface area (TPSA) is 51.8 Å². The lowest BCUT2D eigenvalue weighted by molar-refractivity contribution is 0.669. The van der Waals surface area contributed by atoms with Crippen molar-refractivity contribution in [3.8, 4) is 45.3 Å². The monoisotopic (exact) mass is 745 g/mol. The number of thiophene rings is 1. The zero-order chi connectivity index (χ0) is 37.5. The summed E-state index contributed by atoms with van der Waals surface area (Å²) in [6, 6.07) is 66.8. The second-order valence-electron chi connectivity index (χ2n) is 14.7. The van der Waals surface area contributed by atoms with E-state index in [2.05, 4.69) is 170 Å². The van der Waals surface area contributed by atoms with E-state index in [0.29, 0.717) is 17.5 Å². The highest BCUT2D eigenvalue weighted by molar-refractivity contribution is 7.25. The summed E-state index contributed by atoms with van der Waals surface area (Å²) in [6.07, 6.45) is 0. The highest BCUT2D eigenvalue weighted by Gasteiger charge is 2.47. The molecular weight excluding hydrogens is 715 g/mol. The van der Waals surface area contributed by atoms with E-state index in [1.807, 2.05) is 18.2 Å². The first-order valence-corrected chi connectivity index (χ1v) is 20.0. The zero-order valence-electron chi connectivity index (χ0n) is 30.6. The first-order chi connectivity index (χ1) is 28.3. The van der Waals surface area contributed by atoms with Crippen LogP contribution in [-0.4, -0.2) is 15.0 Å². The second kappa shape index (κ2) is 12.4. The van der Waals surface area contributed by atoms with Gasteiger partial charge in [0.25, 0.3) is 0 Å². The average molecular weight is 746 g/mol. The Bertz CT molecular complexity index is 3330. The lowest BCUT2D eigenvalue weighted by atomic mass is 9.67. The van der Waals surface area contributed by atoms with Crippen molar-refractivity contribution in [3.63, 3.8) is 0 Å². The number of hydrogen-bond donors (Lipinski definition) is 0. The van der Waals surface area contributed by atoms with Gasteiger partial charge in [0.1, 0.15) is 11.2 Å². The van der Waals surface area contributed by atoms with Crippen LogP contribution < -0.4 is 0 Å². The molecule has 12 rings (SSSR count). The predicted molar refractivity (Wildman–Crippen MR) is 234 cm³/mol. The predicted octanol–water partition coefficient (Wildman–Crippen LogP) is 13.5. The van der Waals surface area contributed by atoms with E-state index in [4.69, 9.17) is 19.4 Å². The van der Waals surface area contributed by atoms with Crippen LogP contribution in [0, 0.1) is 0 Å². The molecule has 0 N–H and O–H groups in total. The van der Waals surface area contributed by atoms with Gasteiger partial charge in [0.05, 0.1) is 11.0 Å². The minimum absolute atomic E-state index is 0.548.